The van der Waals surface area contributed by atoms with Gasteiger partial charge >= 0.3 is 0 Å². The van der Waals surface area contributed by atoms with E-state index in [1.165, 1.54) is 11.8 Å². The SMILES string of the molecule is COc1ccc(NC(=O)C(Sc2nnc(-c3cccnc3)n2C)C(C)C)cc1. The highest BCUT2D eigenvalue weighted by atomic mass is 32.2. The lowest BCUT2D eigenvalue weighted by molar-refractivity contribution is -0.116. The molecule has 0 aliphatic heterocycles. The number of benzene rings is 1. The van der Waals surface area contributed by atoms with Crippen molar-refractivity contribution in [1.82, 2.24) is 19.7 Å². The minimum atomic E-state index is -0.313. The summed E-state index contributed by atoms with van der Waals surface area (Å²) in [6.07, 6.45) is 3.46. The second-order valence-electron chi connectivity index (χ2n) is 6.61. The van der Waals surface area contributed by atoms with Gasteiger partial charge in [0.1, 0.15) is 5.75 Å². The Morgan fingerprint density at radius 1 is 1.18 bits per heavy atom. The summed E-state index contributed by atoms with van der Waals surface area (Å²) in [5, 5.41) is 11.9. The summed E-state index contributed by atoms with van der Waals surface area (Å²) in [5.74, 6) is 1.50. The Morgan fingerprint density at radius 2 is 1.93 bits per heavy atom. The lowest BCUT2D eigenvalue weighted by Crippen LogP contribution is -2.30. The third-order valence-corrected chi connectivity index (χ3v) is 5.79. The predicted octanol–water partition coefficient (Wildman–Crippen LogP) is 3.64. The lowest BCUT2D eigenvalue weighted by Gasteiger charge is -2.19. The number of pyridine rings is 1. The first-order valence-corrected chi connectivity index (χ1v) is 9.79. The molecule has 1 N–H and O–H groups in total. The van der Waals surface area contributed by atoms with Crippen molar-refractivity contribution in [2.75, 3.05) is 12.4 Å². The summed E-state index contributed by atoms with van der Waals surface area (Å²) in [6, 6.07) is 11.1. The average molecular weight is 398 g/mol. The van der Waals surface area contributed by atoms with Crippen molar-refractivity contribution in [3.63, 3.8) is 0 Å². The molecule has 0 bridgehead atoms. The van der Waals surface area contributed by atoms with E-state index in [0.717, 1.165) is 17.0 Å². The molecule has 0 radical (unpaired) electrons. The first kappa shape index (κ1) is 19.9. The molecule has 1 unspecified atom stereocenters. The summed E-state index contributed by atoms with van der Waals surface area (Å²) < 4.78 is 7.04. The predicted molar refractivity (Wildman–Crippen MR) is 110 cm³/mol. The summed E-state index contributed by atoms with van der Waals surface area (Å²) >= 11 is 1.41. The van der Waals surface area contributed by atoms with Crippen molar-refractivity contribution < 1.29 is 9.53 Å². The maximum absolute atomic E-state index is 12.9. The summed E-state index contributed by atoms with van der Waals surface area (Å²) in [7, 11) is 3.50. The molecule has 2 aromatic heterocycles. The quantitative estimate of drug-likeness (QED) is 0.613. The van der Waals surface area contributed by atoms with Gasteiger partial charge in [0.25, 0.3) is 0 Å². The average Bonchev–Trinajstić information content (AvgIpc) is 3.07. The van der Waals surface area contributed by atoms with Crippen molar-refractivity contribution in [2.45, 2.75) is 24.3 Å². The third-order valence-electron chi connectivity index (χ3n) is 4.21. The van der Waals surface area contributed by atoms with Crippen LogP contribution in [0.5, 0.6) is 5.75 Å². The Morgan fingerprint density at radius 3 is 2.54 bits per heavy atom. The monoisotopic (exact) mass is 397 g/mol. The van der Waals surface area contributed by atoms with Gasteiger partial charge in [0.15, 0.2) is 11.0 Å². The number of methoxy groups -OCH3 is 1. The molecule has 3 rings (SSSR count). The third kappa shape index (κ3) is 4.51. The molecule has 146 valence electrons. The first-order chi connectivity index (χ1) is 13.5. The first-order valence-electron chi connectivity index (χ1n) is 8.91. The van der Waals surface area contributed by atoms with E-state index in [2.05, 4.69) is 20.5 Å². The van der Waals surface area contributed by atoms with Crippen LogP contribution in [0.2, 0.25) is 0 Å². The van der Waals surface area contributed by atoms with Crippen LogP contribution in [0.15, 0.2) is 53.9 Å². The van der Waals surface area contributed by atoms with Crippen LogP contribution in [-0.4, -0.2) is 38.0 Å². The van der Waals surface area contributed by atoms with E-state index in [-0.39, 0.29) is 17.1 Å². The van der Waals surface area contributed by atoms with Crippen LogP contribution in [0.4, 0.5) is 5.69 Å². The number of nitrogens with zero attached hydrogens (tertiary/aromatic N) is 4. The molecule has 0 saturated carbocycles. The van der Waals surface area contributed by atoms with Crippen LogP contribution in [0.1, 0.15) is 13.8 Å². The van der Waals surface area contributed by atoms with Gasteiger partial charge in [0.2, 0.25) is 5.91 Å². The van der Waals surface area contributed by atoms with Crippen LogP contribution < -0.4 is 10.1 Å². The second kappa shape index (κ2) is 8.88. The fourth-order valence-corrected chi connectivity index (χ4v) is 3.66. The van der Waals surface area contributed by atoms with E-state index in [1.54, 1.807) is 19.5 Å². The highest BCUT2D eigenvalue weighted by molar-refractivity contribution is 8.00. The topological polar surface area (TPSA) is 81.9 Å². The van der Waals surface area contributed by atoms with Gasteiger partial charge in [-0.3, -0.25) is 9.78 Å². The zero-order valence-corrected chi connectivity index (χ0v) is 17.1. The van der Waals surface area contributed by atoms with Gasteiger partial charge in [-0.05, 0) is 42.3 Å². The largest absolute Gasteiger partial charge is 0.497 e. The van der Waals surface area contributed by atoms with Gasteiger partial charge in [-0.2, -0.15) is 0 Å². The van der Waals surface area contributed by atoms with Crippen LogP contribution in [0.3, 0.4) is 0 Å². The number of ether oxygens (including phenoxy) is 1. The number of hydrogen-bond donors (Lipinski definition) is 1. The highest BCUT2D eigenvalue weighted by Crippen LogP contribution is 2.30. The van der Waals surface area contributed by atoms with Gasteiger partial charge in [0.05, 0.1) is 12.4 Å². The van der Waals surface area contributed by atoms with Crippen molar-refractivity contribution in [2.24, 2.45) is 13.0 Å². The summed E-state index contributed by atoms with van der Waals surface area (Å²) in [6.45, 7) is 4.04. The smallest absolute Gasteiger partial charge is 0.238 e. The Labute approximate surface area is 168 Å². The number of thioether (sulfide) groups is 1. The van der Waals surface area contributed by atoms with Gasteiger partial charge in [-0.25, -0.2) is 0 Å². The van der Waals surface area contributed by atoms with E-state index < -0.39 is 0 Å². The Bertz CT molecular complexity index is 926. The van der Waals surface area contributed by atoms with Crippen molar-refractivity contribution in [1.29, 1.82) is 0 Å². The number of carbonyl (C=O) groups is 1. The van der Waals surface area contributed by atoms with Gasteiger partial charge < -0.3 is 14.6 Å². The van der Waals surface area contributed by atoms with E-state index in [0.29, 0.717) is 11.0 Å². The molecule has 0 saturated heterocycles. The van der Waals surface area contributed by atoms with Crippen molar-refractivity contribution in [3.05, 3.63) is 48.8 Å². The molecule has 0 spiro atoms. The summed E-state index contributed by atoms with van der Waals surface area (Å²) in [5.41, 5.74) is 1.61. The standard InChI is InChI=1S/C20H23N5O2S/c1-13(2)17(19(26)22-15-7-9-16(27-4)10-8-15)28-20-24-23-18(25(20)3)14-6-5-11-21-12-14/h5-13,17H,1-4H3,(H,22,26). The molecule has 1 aromatic carbocycles. The molecule has 7 nitrogen and oxygen atoms in total. The number of hydrogen-bond acceptors (Lipinski definition) is 6. The summed E-state index contributed by atoms with van der Waals surface area (Å²) in [4.78, 5) is 17.0. The highest BCUT2D eigenvalue weighted by Gasteiger charge is 2.26. The van der Waals surface area contributed by atoms with E-state index in [9.17, 15) is 4.79 Å². The molecule has 8 heteroatoms. The van der Waals surface area contributed by atoms with Crippen LogP contribution in [0, 0.1) is 5.92 Å². The number of nitrogens with one attached hydrogen (secondary N) is 1. The fourth-order valence-electron chi connectivity index (χ4n) is 2.66. The fraction of sp³-hybridized carbons (Fsp3) is 0.300. The second-order valence-corrected chi connectivity index (χ2v) is 7.72. The molecule has 2 heterocycles. The molecule has 1 amide bonds. The van der Waals surface area contributed by atoms with Crippen LogP contribution in [0.25, 0.3) is 11.4 Å². The molecular formula is C20H23N5O2S. The molecule has 0 aliphatic carbocycles. The van der Waals surface area contributed by atoms with Crippen LogP contribution >= 0.6 is 11.8 Å². The molecule has 0 aliphatic rings. The normalized spacial score (nSPS) is 12.0. The zero-order valence-electron chi connectivity index (χ0n) is 16.3. The number of anilines is 1. The number of carbonyl (C=O) groups excluding carboxylic acids is 1. The maximum Gasteiger partial charge on any atom is 0.238 e. The minimum Gasteiger partial charge on any atom is -0.497 e. The Balaban J connectivity index is 1.76. The lowest BCUT2D eigenvalue weighted by atomic mass is 10.1. The van der Waals surface area contributed by atoms with Gasteiger partial charge in [-0.1, -0.05) is 25.6 Å². The molecule has 0 fully saturated rings. The number of aromatic nitrogens is 4. The maximum atomic E-state index is 12.9. The number of amides is 1. The van der Waals surface area contributed by atoms with E-state index in [4.69, 9.17) is 4.74 Å². The Hall–Kier alpha value is -2.87. The van der Waals surface area contributed by atoms with E-state index in [1.807, 2.05) is 61.9 Å². The van der Waals surface area contributed by atoms with Gasteiger partial charge in [-0.15, -0.1) is 10.2 Å². The Kier molecular flexibility index (Phi) is 6.30. The molecule has 28 heavy (non-hydrogen) atoms. The number of rotatable bonds is 7. The minimum absolute atomic E-state index is 0.0731. The van der Waals surface area contributed by atoms with Gasteiger partial charge in [0, 0.05) is 30.7 Å². The van der Waals surface area contributed by atoms with Crippen molar-refractivity contribution >= 4 is 23.4 Å². The van der Waals surface area contributed by atoms with E-state index >= 15 is 0 Å². The molecule has 1 atom stereocenters. The molecular weight excluding hydrogens is 374 g/mol. The van der Waals surface area contributed by atoms with Crippen LogP contribution in [-0.2, 0) is 11.8 Å². The molecule has 3 aromatic rings. The zero-order chi connectivity index (χ0) is 20.1. The van der Waals surface area contributed by atoms with Crippen molar-refractivity contribution in [3.8, 4) is 17.1 Å².